The monoisotopic (exact) mass is 264 g/mol. The SMILES string of the molecule is Cc1ncc(C(=O)Nc2cc(F)ccc2[N+](=O)[O-])[nH]1. The molecule has 0 aliphatic carbocycles. The molecule has 1 aromatic heterocycles. The maximum Gasteiger partial charge on any atom is 0.292 e. The zero-order valence-corrected chi connectivity index (χ0v) is 9.81. The minimum Gasteiger partial charge on any atom is -0.338 e. The Balaban J connectivity index is 2.30. The van der Waals surface area contributed by atoms with E-state index in [0.717, 1.165) is 18.2 Å². The molecule has 1 aromatic carbocycles. The summed E-state index contributed by atoms with van der Waals surface area (Å²) in [6.45, 7) is 1.65. The summed E-state index contributed by atoms with van der Waals surface area (Å²) < 4.78 is 13.1. The second-order valence-corrected chi connectivity index (χ2v) is 3.75. The number of nitro groups is 1. The standard InChI is InChI=1S/C11H9FN4O3/c1-6-13-5-9(14-6)11(17)15-8-4-7(12)2-3-10(8)16(18)19/h2-5H,1H3,(H,13,14)(H,15,17). The van der Waals surface area contributed by atoms with E-state index in [1.807, 2.05) is 0 Å². The molecule has 0 fully saturated rings. The van der Waals surface area contributed by atoms with Gasteiger partial charge in [-0.1, -0.05) is 0 Å². The minimum absolute atomic E-state index is 0.135. The quantitative estimate of drug-likeness (QED) is 0.654. The molecule has 0 saturated carbocycles. The first-order chi connectivity index (χ1) is 8.97. The lowest BCUT2D eigenvalue weighted by Gasteiger charge is -2.04. The number of benzene rings is 1. The summed E-state index contributed by atoms with van der Waals surface area (Å²) in [6.07, 6.45) is 1.29. The van der Waals surface area contributed by atoms with Gasteiger partial charge in [-0.15, -0.1) is 0 Å². The smallest absolute Gasteiger partial charge is 0.292 e. The van der Waals surface area contributed by atoms with Gasteiger partial charge < -0.3 is 10.3 Å². The molecule has 7 nitrogen and oxygen atoms in total. The fraction of sp³-hybridized carbons (Fsp3) is 0.0909. The lowest BCUT2D eigenvalue weighted by molar-refractivity contribution is -0.384. The number of carbonyl (C=O) groups is 1. The lowest BCUT2D eigenvalue weighted by atomic mass is 10.2. The molecule has 2 aromatic rings. The summed E-state index contributed by atoms with van der Waals surface area (Å²) in [4.78, 5) is 28.4. The molecular weight excluding hydrogens is 255 g/mol. The number of hydrogen-bond acceptors (Lipinski definition) is 4. The van der Waals surface area contributed by atoms with E-state index in [4.69, 9.17) is 0 Å². The number of hydrogen-bond donors (Lipinski definition) is 2. The second-order valence-electron chi connectivity index (χ2n) is 3.75. The number of imidazole rings is 1. The number of amides is 1. The number of rotatable bonds is 3. The van der Waals surface area contributed by atoms with Gasteiger partial charge >= 0.3 is 0 Å². The molecule has 98 valence electrons. The maximum atomic E-state index is 13.1. The fourth-order valence-corrected chi connectivity index (χ4v) is 1.49. The molecule has 1 heterocycles. The van der Waals surface area contributed by atoms with Crippen LogP contribution in [0.3, 0.4) is 0 Å². The summed E-state index contributed by atoms with van der Waals surface area (Å²) in [5.41, 5.74) is -0.454. The molecule has 19 heavy (non-hydrogen) atoms. The highest BCUT2D eigenvalue weighted by Crippen LogP contribution is 2.25. The fourth-order valence-electron chi connectivity index (χ4n) is 1.49. The van der Waals surface area contributed by atoms with Gasteiger partial charge in [0.25, 0.3) is 11.6 Å². The molecule has 1 amide bonds. The van der Waals surface area contributed by atoms with Crippen molar-refractivity contribution in [2.45, 2.75) is 6.92 Å². The van der Waals surface area contributed by atoms with Crippen LogP contribution in [0.4, 0.5) is 15.8 Å². The normalized spacial score (nSPS) is 10.2. The van der Waals surface area contributed by atoms with Gasteiger partial charge in [-0.3, -0.25) is 14.9 Å². The number of carbonyl (C=O) groups excluding carboxylic acids is 1. The Morgan fingerprint density at radius 3 is 2.84 bits per heavy atom. The predicted octanol–water partition coefficient (Wildman–Crippen LogP) is 2.02. The average Bonchev–Trinajstić information content (AvgIpc) is 2.75. The first kappa shape index (κ1) is 12.7. The highest BCUT2D eigenvalue weighted by Gasteiger charge is 2.18. The molecule has 2 rings (SSSR count). The minimum atomic E-state index is -0.701. The Morgan fingerprint density at radius 1 is 1.53 bits per heavy atom. The Bertz CT molecular complexity index is 653. The predicted molar refractivity (Wildman–Crippen MR) is 64.3 cm³/mol. The second kappa shape index (κ2) is 4.84. The lowest BCUT2D eigenvalue weighted by Crippen LogP contribution is -2.13. The van der Waals surface area contributed by atoms with Crippen molar-refractivity contribution in [2.75, 3.05) is 5.32 Å². The van der Waals surface area contributed by atoms with Crippen molar-refractivity contribution in [3.63, 3.8) is 0 Å². The summed E-state index contributed by atoms with van der Waals surface area (Å²) in [5, 5.41) is 13.0. The molecule has 0 atom stereocenters. The van der Waals surface area contributed by atoms with Crippen LogP contribution in [0.1, 0.15) is 16.3 Å². The topological polar surface area (TPSA) is 101 Å². The Hall–Kier alpha value is -2.77. The van der Waals surface area contributed by atoms with Crippen LogP contribution >= 0.6 is 0 Å². The van der Waals surface area contributed by atoms with Crippen LogP contribution < -0.4 is 5.32 Å². The van der Waals surface area contributed by atoms with Gasteiger partial charge in [-0.05, 0) is 13.0 Å². The highest BCUT2D eigenvalue weighted by molar-refractivity contribution is 6.04. The van der Waals surface area contributed by atoms with Crippen LogP contribution in [0.2, 0.25) is 0 Å². The average molecular weight is 264 g/mol. The van der Waals surface area contributed by atoms with E-state index in [2.05, 4.69) is 15.3 Å². The summed E-state index contributed by atoms with van der Waals surface area (Å²) in [6, 6.07) is 2.83. The summed E-state index contributed by atoms with van der Waals surface area (Å²) >= 11 is 0. The Labute approximate surface area is 106 Å². The molecule has 0 spiro atoms. The third kappa shape index (κ3) is 2.73. The van der Waals surface area contributed by atoms with Crippen molar-refractivity contribution in [3.05, 3.63) is 51.8 Å². The van der Waals surface area contributed by atoms with Crippen LogP contribution in [-0.4, -0.2) is 20.8 Å². The van der Waals surface area contributed by atoms with Gasteiger partial charge in [-0.2, -0.15) is 0 Å². The number of H-pyrrole nitrogens is 1. The van der Waals surface area contributed by atoms with Crippen LogP contribution in [0.25, 0.3) is 0 Å². The van der Waals surface area contributed by atoms with Gasteiger partial charge in [-0.25, -0.2) is 9.37 Å². The van der Waals surface area contributed by atoms with Crippen molar-refractivity contribution in [3.8, 4) is 0 Å². The number of anilines is 1. The first-order valence-electron chi connectivity index (χ1n) is 5.24. The van der Waals surface area contributed by atoms with E-state index in [9.17, 15) is 19.3 Å². The van der Waals surface area contributed by atoms with Crippen molar-refractivity contribution >= 4 is 17.3 Å². The summed E-state index contributed by atoms with van der Waals surface area (Å²) in [7, 11) is 0. The van der Waals surface area contributed by atoms with E-state index in [-0.39, 0.29) is 17.1 Å². The maximum absolute atomic E-state index is 13.1. The number of aromatic nitrogens is 2. The van der Waals surface area contributed by atoms with Gasteiger partial charge in [0.1, 0.15) is 23.0 Å². The van der Waals surface area contributed by atoms with Crippen LogP contribution in [0.5, 0.6) is 0 Å². The Morgan fingerprint density at radius 2 is 2.26 bits per heavy atom. The van der Waals surface area contributed by atoms with E-state index in [1.54, 1.807) is 6.92 Å². The molecule has 0 unspecified atom stereocenters. The molecule has 0 radical (unpaired) electrons. The third-order valence-corrected chi connectivity index (χ3v) is 2.35. The number of aromatic amines is 1. The largest absolute Gasteiger partial charge is 0.338 e. The Kier molecular flexibility index (Phi) is 3.23. The van der Waals surface area contributed by atoms with E-state index in [0.29, 0.717) is 5.82 Å². The number of nitrogens with one attached hydrogen (secondary N) is 2. The zero-order valence-electron chi connectivity index (χ0n) is 9.81. The van der Waals surface area contributed by atoms with E-state index in [1.165, 1.54) is 6.20 Å². The number of aryl methyl sites for hydroxylation is 1. The van der Waals surface area contributed by atoms with Crippen molar-refractivity contribution < 1.29 is 14.1 Å². The van der Waals surface area contributed by atoms with Gasteiger partial charge in [0.05, 0.1) is 11.1 Å². The number of nitro benzene ring substituents is 1. The van der Waals surface area contributed by atoms with Gasteiger partial charge in [0.2, 0.25) is 0 Å². The van der Waals surface area contributed by atoms with Gasteiger partial charge in [0.15, 0.2) is 0 Å². The van der Waals surface area contributed by atoms with Crippen molar-refractivity contribution in [2.24, 2.45) is 0 Å². The molecule has 0 saturated heterocycles. The molecule has 8 heteroatoms. The number of halogens is 1. The third-order valence-electron chi connectivity index (χ3n) is 2.35. The van der Waals surface area contributed by atoms with Crippen LogP contribution in [0.15, 0.2) is 24.4 Å². The molecule has 0 bridgehead atoms. The highest BCUT2D eigenvalue weighted by atomic mass is 19.1. The van der Waals surface area contributed by atoms with Crippen molar-refractivity contribution in [1.29, 1.82) is 0 Å². The van der Waals surface area contributed by atoms with E-state index < -0.39 is 16.6 Å². The molecule has 0 aliphatic heterocycles. The summed E-state index contributed by atoms with van der Waals surface area (Å²) in [5.74, 6) is -0.783. The van der Waals surface area contributed by atoms with Gasteiger partial charge in [0, 0.05) is 12.1 Å². The molecular formula is C11H9FN4O3. The van der Waals surface area contributed by atoms with Crippen LogP contribution in [-0.2, 0) is 0 Å². The number of nitrogens with zero attached hydrogens (tertiary/aromatic N) is 2. The molecule has 2 N–H and O–H groups in total. The van der Waals surface area contributed by atoms with Crippen molar-refractivity contribution in [1.82, 2.24) is 9.97 Å². The van der Waals surface area contributed by atoms with Crippen LogP contribution in [0, 0.1) is 22.9 Å². The van der Waals surface area contributed by atoms with E-state index >= 15 is 0 Å². The molecule has 0 aliphatic rings. The zero-order chi connectivity index (χ0) is 14.0. The first-order valence-corrected chi connectivity index (χ1v) is 5.24.